The van der Waals surface area contributed by atoms with E-state index in [1.165, 1.54) is 7.11 Å². The summed E-state index contributed by atoms with van der Waals surface area (Å²) in [5.41, 5.74) is -0.202. The fourth-order valence-corrected chi connectivity index (χ4v) is 3.77. The van der Waals surface area contributed by atoms with Gasteiger partial charge in [-0.2, -0.15) is 0 Å². The van der Waals surface area contributed by atoms with E-state index >= 15 is 0 Å². The molecule has 6 heteroatoms. The molecular formula is C17H20ClNO4. The van der Waals surface area contributed by atoms with E-state index < -0.39 is 17.6 Å². The summed E-state index contributed by atoms with van der Waals surface area (Å²) in [4.78, 5) is 27.2. The van der Waals surface area contributed by atoms with Gasteiger partial charge in [-0.15, -0.1) is 11.6 Å². The number of nitrogens with zero attached hydrogens (tertiary/aromatic N) is 1. The molecule has 0 N–H and O–H groups in total. The number of carbonyl (C=O) groups excluding carboxylic acids is 2. The number of esters is 1. The maximum absolute atomic E-state index is 13.1. The minimum Gasteiger partial charge on any atom is -0.468 e. The Morgan fingerprint density at radius 1 is 1.43 bits per heavy atom. The maximum atomic E-state index is 13.1. The van der Waals surface area contributed by atoms with Gasteiger partial charge in [-0.25, -0.2) is 0 Å². The lowest BCUT2D eigenvalue weighted by molar-refractivity contribution is -0.162. The second-order valence-electron chi connectivity index (χ2n) is 6.03. The third-order valence-electron chi connectivity index (χ3n) is 4.72. The highest BCUT2D eigenvalue weighted by atomic mass is 35.5. The first-order valence-corrected chi connectivity index (χ1v) is 8.31. The number of hydrogen-bond acceptors (Lipinski definition) is 4. The van der Waals surface area contributed by atoms with E-state index in [1.807, 2.05) is 30.3 Å². The molecule has 2 saturated heterocycles. The first kappa shape index (κ1) is 16.3. The van der Waals surface area contributed by atoms with Gasteiger partial charge in [0.15, 0.2) is 6.23 Å². The van der Waals surface area contributed by atoms with Crippen LogP contribution in [-0.4, -0.2) is 42.4 Å². The molecule has 23 heavy (non-hydrogen) atoms. The van der Waals surface area contributed by atoms with E-state index in [4.69, 9.17) is 21.1 Å². The van der Waals surface area contributed by atoms with Crippen molar-refractivity contribution >= 4 is 23.5 Å². The van der Waals surface area contributed by atoms with Crippen LogP contribution in [0, 0.1) is 5.41 Å². The topological polar surface area (TPSA) is 55.8 Å². The minimum absolute atomic E-state index is 0.0952. The van der Waals surface area contributed by atoms with Gasteiger partial charge in [-0.1, -0.05) is 30.3 Å². The summed E-state index contributed by atoms with van der Waals surface area (Å²) in [5, 5.41) is 0. The number of ether oxygens (including phenoxy) is 2. The van der Waals surface area contributed by atoms with Crippen LogP contribution in [0.15, 0.2) is 30.3 Å². The zero-order valence-corrected chi connectivity index (χ0v) is 13.8. The molecule has 0 aromatic heterocycles. The molecular weight excluding hydrogens is 318 g/mol. The molecule has 124 valence electrons. The molecule has 1 aromatic carbocycles. The zero-order valence-electron chi connectivity index (χ0n) is 13.0. The van der Waals surface area contributed by atoms with E-state index in [0.29, 0.717) is 31.7 Å². The molecule has 2 aliphatic rings. The first-order chi connectivity index (χ1) is 11.1. The lowest BCUT2D eigenvalue weighted by atomic mass is 9.80. The number of halogens is 1. The predicted octanol–water partition coefficient (Wildman–Crippen LogP) is 2.49. The van der Waals surface area contributed by atoms with E-state index in [2.05, 4.69) is 0 Å². The van der Waals surface area contributed by atoms with E-state index in [-0.39, 0.29) is 11.9 Å². The van der Waals surface area contributed by atoms with Gasteiger partial charge in [0.2, 0.25) is 5.91 Å². The summed E-state index contributed by atoms with van der Waals surface area (Å²) in [5.74, 6) is -0.255. The van der Waals surface area contributed by atoms with Crippen molar-refractivity contribution in [1.82, 2.24) is 4.90 Å². The largest absolute Gasteiger partial charge is 0.468 e. The molecule has 1 amide bonds. The number of hydrogen-bond donors (Lipinski definition) is 0. The molecule has 3 rings (SSSR count). The number of fused-ring (bicyclic) bond motifs is 1. The van der Waals surface area contributed by atoms with Gasteiger partial charge in [0.05, 0.1) is 19.8 Å². The second-order valence-corrected chi connectivity index (χ2v) is 6.41. The Balaban J connectivity index is 1.91. The Hall–Kier alpha value is -1.59. The molecule has 0 radical (unpaired) electrons. The zero-order chi connectivity index (χ0) is 16.4. The van der Waals surface area contributed by atoms with Gasteiger partial charge < -0.3 is 14.4 Å². The van der Waals surface area contributed by atoms with Crippen molar-refractivity contribution in [2.75, 3.05) is 19.6 Å². The molecule has 0 spiro atoms. The predicted molar refractivity (Wildman–Crippen MR) is 84.8 cm³/mol. The summed E-state index contributed by atoms with van der Waals surface area (Å²) in [6.45, 7) is 0.435. The average molecular weight is 338 g/mol. The fraction of sp³-hybridized carbons (Fsp3) is 0.529. The second kappa shape index (κ2) is 6.49. The van der Waals surface area contributed by atoms with Crippen molar-refractivity contribution in [2.24, 2.45) is 5.41 Å². The molecule has 0 aliphatic carbocycles. The van der Waals surface area contributed by atoms with Crippen LogP contribution < -0.4 is 0 Å². The Morgan fingerprint density at radius 2 is 2.17 bits per heavy atom. The SMILES string of the molecule is COC(=O)C1(CCCCl)C[C@H]2CO[C@H](c3ccccc3)N2C1=O. The highest BCUT2D eigenvalue weighted by molar-refractivity contribution is 6.17. The highest BCUT2D eigenvalue weighted by Gasteiger charge is 2.60. The number of amides is 1. The summed E-state index contributed by atoms with van der Waals surface area (Å²) < 4.78 is 10.8. The van der Waals surface area contributed by atoms with E-state index in [0.717, 1.165) is 5.56 Å². The fourth-order valence-electron chi connectivity index (χ4n) is 3.64. The van der Waals surface area contributed by atoms with Crippen molar-refractivity contribution in [3.63, 3.8) is 0 Å². The molecule has 5 nitrogen and oxygen atoms in total. The molecule has 2 fully saturated rings. The van der Waals surface area contributed by atoms with Crippen LogP contribution in [0.25, 0.3) is 0 Å². The molecule has 2 heterocycles. The smallest absolute Gasteiger partial charge is 0.321 e. The Labute approximate surface area is 140 Å². The van der Waals surface area contributed by atoms with E-state index in [9.17, 15) is 9.59 Å². The normalized spacial score (nSPS) is 29.7. The lowest BCUT2D eigenvalue weighted by Gasteiger charge is -2.27. The number of alkyl halides is 1. The van der Waals surface area contributed by atoms with E-state index in [1.54, 1.807) is 4.90 Å². The molecule has 0 saturated carbocycles. The third kappa shape index (κ3) is 2.62. The monoisotopic (exact) mass is 337 g/mol. The standard InChI is InChI=1S/C17H20ClNO4/c1-22-16(21)17(8-5-9-18)10-13-11-23-14(19(13)15(17)20)12-6-3-2-4-7-12/h2-4,6-7,13-14H,5,8-11H2,1H3/t13-,14+,17?/m0/s1. The van der Waals surface area contributed by atoms with Crippen molar-refractivity contribution in [3.05, 3.63) is 35.9 Å². The maximum Gasteiger partial charge on any atom is 0.321 e. The summed E-state index contributed by atoms with van der Waals surface area (Å²) in [6.07, 6.45) is 1.01. The van der Waals surface area contributed by atoms with Crippen molar-refractivity contribution in [3.8, 4) is 0 Å². The van der Waals surface area contributed by atoms with Crippen LogP contribution in [0.2, 0.25) is 0 Å². The van der Waals surface area contributed by atoms with Crippen molar-refractivity contribution in [2.45, 2.75) is 31.5 Å². The Bertz CT molecular complexity index is 594. The number of benzene rings is 1. The van der Waals surface area contributed by atoms with Gasteiger partial charge in [-0.3, -0.25) is 9.59 Å². The Kier molecular flexibility index (Phi) is 4.60. The quantitative estimate of drug-likeness (QED) is 0.470. The van der Waals surface area contributed by atoms with Gasteiger partial charge in [0, 0.05) is 11.4 Å². The van der Waals surface area contributed by atoms with Crippen LogP contribution in [0.3, 0.4) is 0 Å². The highest BCUT2D eigenvalue weighted by Crippen LogP contribution is 2.48. The summed E-state index contributed by atoms with van der Waals surface area (Å²) >= 11 is 5.78. The molecule has 2 aliphatic heterocycles. The third-order valence-corrected chi connectivity index (χ3v) is 4.99. The van der Waals surface area contributed by atoms with Crippen molar-refractivity contribution < 1.29 is 19.1 Å². The number of methoxy groups -OCH3 is 1. The van der Waals surface area contributed by atoms with Crippen molar-refractivity contribution in [1.29, 1.82) is 0 Å². The number of rotatable bonds is 5. The molecule has 0 bridgehead atoms. The summed E-state index contributed by atoms with van der Waals surface area (Å²) in [6, 6.07) is 9.50. The van der Waals surface area contributed by atoms with Gasteiger partial charge in [0.25, 0.3) is 0 Å². The number of carbonyl (C=O) groups is 2. The first-order valence-electron chi connectivity index (χ1n) is 7.78. The molecule has 1 unspecified atom stereocenters. The van der Waals surface area contributed by atoms with Crippen LogP contribution in [-0.2, 0) is 19.1 Å². The van der Waals surface area contributed by atoms with Crippen LogP contribution in [0.5, 0.6) is 0 Å². The van der Waals surface area contributed by atoms with Crippen LogP contribution in [0.1, 0.15) is 31.1 Å². The average Bonchev–Trinajstić information content (AvgIpc) is 3.12. The lowest BCUT2D eigenvalue weighted by Crippen LogP contribution is -2.42. The van der Waals surface area contributed by atoms with Gasteiger partial charge in [0.1, 0.15) is 5.41 Å². The van der Waals surface area contributed by atoms with Gasteiger partial charge >= 0.3 is 5.97 Å². The minimum atomic E-state index is -1.12. The van der Waals surface area contributed by atoms with Crippen LogP contribution >= 0.6 is 11.6 Å². The molecule has 1 aromatic rings. The molecule has 3 atom stereocenters. The van der Waals surface area contributed by atoms with Gasteiger partial charge in [-0.05, 0) is 19.3 Å². The van der Waals surface area contributed by atoms with Crippen LogP contribution in [0.4, 0.5) is 0 Å². The Morgan fingerprint density at radius 3 is 2.83 bits per heavy atom. The summed E-state index contributed by atoms with van der Waals surface area (Å²) in [7, 11) is 1.33.